The van der Waals surface area contributed by atoms with Gasteiger partial charge in [-0.1, -0.05) is 24.3 Å². The standard InChI is InChI=1S/C20H14F3NO2/c1-11-7-10-15(25)19(23)16(11)17-14(9-8-13(21)18(17)22)24-20(26)12-5-3-2-4-6-12/h2-10,25H,1H3,(H,24,26). The fourth-order valence-corrected chi connectivity index (χ4v) is 2.65. The summed E-state index contributed by atoms with van der Waals surface area (Å²) in [5.74, 6) is -4.86. The first-order chi connectivity index (χ1) is 12.4. The molecule has 3 aromatic carbocycles. The summed E-state index contributed by atoms with van der Waals surface area (Å²) in [5.41, 5.74) is -0.299. The first-order valence-electron chi connectivity index (χ1n) is 7.73. The zero-order valence-electron chi connectivity index (χ0n) is 13.7. The van der Waals surface area contributed by atoms with Crippen LogP contribution in [-0.4, -0.2) is 11.0 Å². The lowest BCUT2D eigenvalue weighted by molar-refractivity contribution is 0.102. The normalized spacial score (nSPS) is 10.6. The average Bonchev–Trinajstić information content (AvgIpc) is 2.64. The van der Waals surface area contributed by atoms with Crippen molar-refractivity contribution in [3.63, 3.8) is 0 Å². The molecular formula is C20H14F3NO2. The first kappa shape index (κ1) is 17.5. The van der Waals surface area contributed by atoms with Gasteiger partial charge in [0.25, 0.3) is 5.91 Å². The second-order valence-corrected chi connectivity index (χ2v) is 5.69. The van der Waals surface area contributed by atoms with E-state index >= 15 is 0 Å². The number of hydrogen-bond donors (Lipinski definition) is 2. The molecule has 0 aromatic heterocycles. The van der Waals surface area contributed by atoms with E-state index in [1.807, 2.05) is 0 Å². The van der Waals surface area contributed by atoms with Crippen molar-refractivity contribution >= 4 is 11.6 Å². The van der Waals surface area contributed by atoms with Gasteiger partial charge in [0.05, 0.1) is 5.69 Å². The molecule has 3 nitrogen and oxygen atoms in total. The Morgan fingerprint density at radius 2 is 1.58 bits per heavy atom. The highest BCUT2D eigenvalue weighted by Crippen LogP contribution is 2.38. The third-order valence-corrected chi connectivity index (χ3v) is 3.96. The molecule has 0 spiro atoms. The molecule has 0 atom stereocenters. The van der Waals surface area contributed by atoms with E-state index in [0.717, 1.165) is 18.2 Å². The van der Waals surface area contributed by atoms with Crippen molar-refractivity contribution in [3.05, 3.63) is 83.2 Å². The van der Waals surface area contributed by atoms with E-state index in [9.17, 15) is 23.1 Å². The Bertz CT molecular complexity index is 988. The lowest BCUT2D eigenvalue weighted by Gasteiger charge is -2.16. The number of aromatic hydroxyl groups is 1. The molecule has 2 N–H and O–H groups in total. The van der Waals surface area contributed by atoms with Gasteiger partial charge in [-0.15, -0.1) is 0 Å². The van der Waals surface area contributed by atoms with Gasteiger partial charge >= 0.3 is 0 Å². The number of phenols is 1. The molecule has 3 rings (SSSR count). The Morgan fingerprint density at radius 3 is 2.27 bits per heavy atom. The van der Waals surface area contributed by atoms with Gasteiger partial charge in [0.1, 0.15) is 0 Å². The number of aryl methyl sites for hydroxylation is 1. The van der Waals surface area contributed by atoms with E-state index in [1.54, 1.807) is 30.3 Å². The summed E-state index contributed by atoms with van der Waals surface area (Å²) in [4.78, 5) is 12.4. The number of anilines is 1. The number of carbonyl (C=O) groups is 1. The summed E-state index contributed by atoms with van der Waals surface area (Å²) in [6, 6.07) is 12.6. The molecule has 26 heavy (non-hydrogen) atoms. The van der Waals surface area contributed by atoms with E-state index in [4.69, 9.17) is 0 Å². The van der Waals surface area contributed by atoms with Gasteiger partial charge in [0.2, 0.25) is 0 Å². The van der Waals surface area contributed by atoms with Crippen LogP contribution in [0.15, 0.2) is 54.6 Å². The molecule has 132 valence electrons. The molecule has 0 saturated carbocycles. The number of nitrogens with one attached hydrogen (secondary N) is 1. The predicted octanol–water partition coefficient (Wildman–Crippen LogP) is 5.04. The number of hydrogen-bond acceptors (Lipinski definition) is 2. The lowest BCUT2D eigenvalue weighted by atomic mass is 9.96. The number of phenolic OH excluding ortho intramolecular Hbond substituents is 1. The highest BCUT2D eigenvalue weighted by atomic mass is 19.2. The number of benzene rings is 3. The van der Waals surface area contributed by atoms with Gasteiger partial charge < -0.3 is 10.4 Å². The van der Waals surface area contributed by atoms with Crippen molar-refractivity contribution in [3.8, 4) is 16.9 Å². The fraction of sp³-hybridized carbons (Fsp3) is 0.0500. The maximum Gasteiger partial charge on any atom is 0.255 e. The van der Waals surface area contributed by atoms with Crippen molar-refractivity contribution in [2.24, 2.45) is 0 Å². The van der Waals surface area contributed by atoms with Gasteiger partial charge in [0.15, 0.2) is 23.2 Å². The minimum Gasteiger partial charge on any atom is -0.505 e. The average molecular weight is 357 g/mol. The van der Waals surface area contributed by atoms with Crippen LogP contribution in [0.1, 0.15) is 15.9 Å². The molecule has 6 heteroatoms. The van der Waals surface area contributed by atoms with Crippen LogP contribution < -0.4 is 5.32 Å². The quantitative estimate of drug-likeness (QED) is 0.690. The number of rotatable bonds is 3. The van der Waals surface area contributed by atoms with Crippen LogP contribution in [0.5, 0.6) is 5.75 Å². The molecular weight excluding hydrogens is 343 g/mol. The maximum atomic E-state index is 14.5. The molecule has 0 fully saturated rings. The highest BCUT2D eigenvalue weighted by Gasteiger charge is 2.23. The topological polar surface area (TPSA) is 49.3 Å². The van der Waals surface area contributed by atoms with Crippen LogP contribution >= 0.6 is 0 Å². The third kappa shape index (κ3) is 3.13. The fourth-order valence-electron chi connectivity index (χ4n) is 2.65. The van der Waals surface area contributed by atoms with E-state index in [-0.39, 0.29) is 16.8 Å². The SMILES string of the molecule is Cc1ccc(O)c(F)c1-c1c(NC(=O)c2ccccc2)ccc(F)c1F. The Morgan fingerprint density at radius 1 is 0.885 bits per heavy atom. The first-order valence-corrected chi connectivity index (χ1v) is 7.73. The summed E-state index contributed by atoms with van der Waals surface area (Å²) >= 11 is 0. The van der Waals surface area contributed by atoms with Crippen LogP contribution in [0.4, 0.5) is 18.9 Å². The summed E-state index contributed by atoms with van der Waals surface area (Å²) < 4.78 is 42.8. The molecule has 0 radical (unpaired) electrons. The summed E-state index contributed by atoms with van der Waals surface area (Å²) in [6.07, 6.45) is 0. The second kappa shape index (κ2) is 6.92. The van der Waals surface area contributed by atoms with Crippen molar-refractivity contribution in [2.75, 3.05) is 5.32 Å². The van der Waals surface area contributed by atoms with Crippen molar-refractivity contribution < 1.29 is 23.1 Å². The summed E-state index contributed by atoms with van der Waals surface area (Å²) in [5, 5.41) is 12.1. The Hall–Kier alpha value is -3.28. The van der Waals surface area contributed by atoms with Crippen molar-refractivity contribution in [1.82, 2.24) is 0 Å². The summed E-state index contributed by atoms with van der Waals surface area (Å²) in [6.45, 7) is 1.49. The van der Waals surface area contributed by atoms with Gasteiger partial charge in [0, 0.05) is 16.7 Å². The van der Waals surface area contributed by atoms with Crippen molar-refractivity contribution in [1.29, 1.82) is 0 Å². The summed E-state index contributed by atoms with van der Waals surface area (Å²) in [7, 11) is 0. The van der Waals surface area contributed by atoms with E-state index in [1.165, 1.54) is 13.0 Å². The van der Waals surface area contributed by atoms with Gasteiger partial charge in [-0.2, -0.15) is 0 Å². The monoisotopic (exact) mass is 357 g/mol. The van der Waals surface area contributed by atoms with Crippen LogP contribution in [0.3, 0.4) is 0 Å². The van der Waals surface area contributed by atoms with E-state index in [0.29, 0.717) is 5.56 Å². The number of carbonyl (C=O) groups excluding carboxylic acids is 1. The van der Waals surface area contributed by atoms with Crippen LogP contribution in [-0.2, 0) is 0 Å². The van der Waals surface area contributed by atoms with E-state index in [2.05, 4.69) is 5.32 Å². The van der Waals surface area contributed by atoms with Crippen molar-refractivity contribution in [2.45, 2.75) is 6.92 Å². The second-order valence-electron chi connectivity index (χ2n) is 5.69. The molecule has 0 aliphatic carbocycles. The minimum atomic E-state index is -1.32. The molecule has 0 heterocycles. The van der Waals surface area contributed by atoms with Gasteiger partial charge in [-0.05, 0) is 42.8 Å². The molecule has 0 aliphatic heterocycles. The van der Waals surface area contributed by atoms with Gasteiger partial charge in [-0.25, -0.2) is 13.2 Å². The molecule has 1 amide bonds. The third-order valence-electron chi connectivity index (χ3n) is 3.96. The number of amides is 1. The predicted molar refractivity (Wildman–Crippen MR) is 92.5 cm³/mol. The smallest absolute Gasteiger partial charge is 0.255 e. The largest absolute Gasteiger partial charge is 0.505 e. The van der Waals surface area contributed by atoms with Crippen LogP contribution in [0.2, 0.25) is 0 Å². The zero-order chi connectivity index (χ0) is 18.8. The number of halogens is 3. The highest BCUT2D eigenvalue weighted by molar-refractivity contribution is 6.06. The van der Waals surface area contributed by atoms with Gasteiger partial charge in [-0.3, -0.25) is 4.79 Å². The molecule has 0 unspecified atom stereocenters. The van der Waals surface area contributed by atoms with Crippen LogP contribution in [0.25, 0.3) is 11.1 Å². The molecule has 3 aromatic rings. The molecule has 0 aliphatic rings. The maximum absolute atomic E-state index is 14.5. The Kier molecular flexibility index (Phi) is 4.67. The Labute approximate surface area is 147 Å². The molecule has 0 bridgehead atoms. The molecule has 0 saturated heterocycles. The van der Waals surface area contributed by atoms with E-state index < -0.39 is 34.7 Å². The minimum absolute atomic E-state index is 0.106. The Balaban J connectivity index is 2.16. The van der Waals surface area contributed by atoms with Crippen LogP contribution in [0, 0.1) is 24.4 Å². The lowest BCUT2D eigenvalue weighted by Crippen LogP contribution is -2.13. The zero-order valence-corrected chi connectivity index (χ0v) is 13.7.